The van der Waals surface area contributed by atoms with Gasteiger partial charge in [-0.05, 0) is 17.0 Å². The number of amides is 2. The zero-order valence-corrected chi connectivity index (χ0v) is 15.6. The Morgan fingerprint density at radius 2 is 1.93 bits per heavy atom. The average Bonchev–Trinajstić information content (AvgIpc) is 3.16. The van der Waals surface area contributed by atoms with E-state index in [9.17, 15) is 24.6 Å². The minimum absolute atomic E-state index is 0.114. The fourth-order valence-electron chi connectivity index (χ4n) is 2.55. The summed E-state index contributed by atoms with van der Waals surface area (Å²) in [4.78, 5) is 41.7. The number of aliphatic hydroxyl groups excluding tert-OH is 1. The van der Waals surface area contributed by atoms with Crippen molar-refractivity contribution < 1.29 is 24.9 Å². The lowest BCUT2D eigenvalue weighted by Gasteiger charge is -2.17. The molecule has 11 heteroatoms. The summed E-state index contributed by atoms with van der Waals surface area (Å²) in [7, 11) is 0. The zero-order chi connectivity index (χ0) is 21.0. The van der Waals surface area contributed by atoms with E-state index in [1.54, 1.807) is 35.7 Å². The van der Waals surface area contributed by atoms with Crippen molar-refractivity contribution in [2.75, 3.05) is 11.9 Å². The molecule has 0 spiro atoms. The second-order valence-corrected chi connectivity index (χ2v) is 6.74. The van der Waals surface area contributed by atoms with Crippen LogP contribution in [-0.2, 0) is 0 Å². The summed E-state index contributed by atoms with van der Waals surface area (Å²) in [6.45, 7) is -0.317. The minimum atomic E-state index is -1.56. The number of H-pyrrole nitrogens is 1. The van der Waals surface area contributed by atoms with Gasteiger partial charge in [-0.25, -0.2) is 14.6 Å². The SMILES string of the molecule is O=C(Nc1ccsc1-c1nc(C(=O)O)c(O)c(=O)[nH]1)NC(CO)c1ccccc1. The first-order valence-electron chi connectivity index (χ1n) is 8.28. The molecule has 29 heavy (non-hydrogen) atoms. The van der Waals surface area contributed by atoms with Crippen LogP contribution in [0, 0.1) is 0 Å². The van der Waals surface area contributed by atoms with Crippen molar-refractivity contribution in [1.82, 2.24) is 15.3 Å². The number of urea groups is 1. The molecule has 0 radical (unpaired) electrons. The van der Waals surface area contributed by atoms with Crippen molar-refractivity contribution >= 4 is 29.0 Å². The Bertz CT molecular complexity index is 1100. The predicted molar refractivity (Wildman–Crippen MR) is 105 cm³/mol. The molecule has 3 rings (SSSR count). The quantitative estimate of drug-likeness (QED) is 0.356. The predicted octanol–water partition coefficient (Wildman–Crippen LogP) is 1.76. The van der Waals surface area contributed by atoms with Crippen LogP contribution in [0.4, 0.5) is 10.5 Å². The van der Waals surface area contributed by atoms with Gasteiger partial charge in [-0.2, -0.15) is 0 Å². The first-order valence-corrected chi connectivity index (χ1v) is 9.16. The number of carboxylic acids is 1. The molecule has 1 aromatic carbocycles. The van der Waals surface area contributed by atoms with Crippen LogP contribution in [0.2, 0.25) is 0 Å². The van der Waals surface area contributed by atoms with Crippen LogP contribution in [0.15, 0.2) is 46.6 Å². The molecule has 0 fully saturated rings. The molecule has 0 aliphatic heterocycles. The Balaban J connectivity index is 1.83. The zero-order valence-electron chi connectivity index (χ0n) is 14.7. The third kappa shape index (κ3) is 4.42. The first kappa shape index (κ1) is 20.0. The number of hydrogen-bond acceptors (Lipinski definition) is 7. The lowest BCUT2D eigenvalue weighted by atomic mass is 10.1. The van der Waals surface area contributed by atoms with Gasteiger partial charge in [-0.15, -0.1) is 11.3 Å². The number of anilines is 1. The van der Waals surface area contributed by atoms with E-state index in [0.717, 1.165) is 11.3 Å². The van der Waals surface area contributed by atoms with Crippen LogP contribution in [0.3, 0.4) is 0 Å². The van der Waals surface area contributed by atoms with E-state index in [2.05, 4.69) is 20.6 Å². The molecule has 0 bridgehead atoms. The van der Waals surface area contributed by atoms with Crippen molar-refractivity contribution in [3.63, 3.8) is 0 Å². The van der Waals surface area contributed by atoms with Gasteiger partial charge in [-0.1, -0.05) is 30.3 Å². The van der Waals surface area contributed by atoms with E-state index in [4.69, 9.17) is 5.11 Å². The summed E-state index contributed by atoms with van der Waals surface area (Å²) in [5, 5.41) is 35.0. The fraction of sp³-hybridized carbons (Fsp3) is 0.111. The summed E-state index contributed by atoms with van der Waals surface area (Å²) < 4.78 is 0. The maximum atomic E-state index is 12.4. The van der Waals surface area contributed by atoms with Crippen LogP contribution in [0.25, 0.3) is 10.7 Å². The second-order valence-electron chi connectivity index (χ2n) is 5.82. The maximum Gasteiger partial charge on any atom is 0.358 e. The number of aromatic amines is 1. The molecule has 0 aliphatic rings. The number of thiophene rings is 1. The lowest BCUT2D eigenvalue weighted by molar-refractivity contribution is 0.0686. The Labute approximate surface area is 167 Å². The van der Waals surface area contributed by atoms with Crippen LogP contribution >= 0.6 is 11.3 Å². The van der Waals surface area contributed by atoms with Crippen molar-refractivity contribution in [2.24, 2.45) is 0 Å². The number of rotatable bonds is 6. The van der Waals surface area contributed by atoms with E-state index < -0.39 is 35.0 Å². The monoisotopic (exact) mass is 416 g/mol. The number of aromatic carboxylic acids is 1. The van der Waals surface area contributed by atoms with Gasteiger partial charge in [0.25, 0.3) is 5.56 Å². The normalized spacial score (nSPS) is 11.6. The number of carbonyl (C=O) groups excluding carboxylic acids is 1. The van der Waals surface area contributed by atoms with Gasteiger partial charge in [0.05, 0.1) is 23.2 Å². The summed E-state index contributed by atoms with van der Waals surface area (Å²) in [5.41, 5.74) is -0.827. The third-order valence-corrected chi connectivity index (χ3v) is 4.84. The number of aliphatic hydroxyl groups is 1. The summed E-state index contributed by atoms with van der Waals surface area (Å²) in [6, 6.07) is 9.18. The summed E-state index contributed by atoms with van der Waals surface area (Å²) in [6.07, 6.45) is 0. The molecule has 0 saturated heterocycles. The molecule has 6 N–H and O–H groups in total. The van der Waals surface area contributed by atoms with Crippen LogP contribution in [-0.4, -0.2) is 43.9 Å². The Morgan fingerprint density at radius 1 is 1.21 bits per heavy atom. The summed E-state index contributed by atoms with van der Waals surface area (Å²) >= 11 is 1.10. The highest BCUT2D eigenvalue weighted by molar-refractivity contribution is 7.14. The highest BCUT2D eigenvalue weighted by Gasteiger charge is 2.21. The summed E-state index contributed by atoms with van der Waals surface area (Å²) in [5.74, 6) is -2.68. The van der Waals surface area contributed by atoms with Crippen molar-refractivity contribution in [1.29, 1.82) is 0 Å². The molecular weight excluding hydrogens is 400 g/mol. The maximum absolute atomic E-state index is 12.4. The number of nitrogens with one attached hydrogen (secondary N) is 3. The topological polar surface area (TPSA) is 165 Å². The molecule has 2 amide bonds. The lowest BCUT2D eigenvalue weighted by Crippen LogP contribution is -2.34. The van der Waals surface area contributed by atoms with Gasteiger partial charge < -0.3 is 30.9 Å². The molecule has 3 aromatic rings. The molecule has 2 aromatic heterocycles. The van der Waals surface area contributed by atoms with E-state index in [1.165, 1.54) is 0 Å². The number of hydrogen-bond donors (Lipinski definition) is 6. The van der Waals surface area contributed by atoms with Gasteiger partial charge in [0, 0.05) is 0 Å². The van der Waals surface area contributed by atoms with Gasteiger partial charge in [0.1, 0.15) is 0 Å². The first-order chi connectivity index (χ1) is 13.9. The largest absolute Gasteiger partial charge is 0.501 e. The van der Waals surface area contributed by atoms with Crippen LogP contribution in [0.5, 0.6) is 5.75 Å². The van der Waals surface area contributed by atoms with Crippen LogP contribution < -0.4 is 16.2 Å². The Kier molecular flexibility index (Phi) is 5.90. The Hall–Kier alpha value is -3.70. The molecule has 1 atom stereocenters. The smallest absolute Gasteiger partial charge is 0.358 e. The number of aromatic hydroxyl groups is 1. The standard InChI is InChI=1S/C18H16N4O6S/c23-8-11(9-4-2-1-3-5-9)20-18(28)19-10-6-7-29-14(10)15-21-12(17(26)27)13(24)16(25)22-15/h1-7,11,23-24H,8H2,(H,26,27)(H2,19,20,28)(H,21,22,25). The molecular formula is C18H16N4O6S. The average molecular weight is 416 g/mol. The van der Waals surface area contributed by atoms with E-state index in [-0.39, 0.29) is 18.1 Å². The molecule has 0 saturated carbocycles. The third-order valence-electron chi connectivity index (χ3n) is 3.92. The van der Waals surface area contributed by atoms with Gasteiger partial charge in [0.2, 0.25) is 5.75 Å². The molecule has 10 nitrogen and oxygen atoms in total. The molecule has 0 aliphatic carbocycles. The van der Waals surface area contributed by atoms with Gasteiger partial charge >= 0.3 is 12.0 Å². The molecule has 150 valence electrons. The Morgan fingerprint density at radius 3 is 2.59 bits per heavy atom. The minimum Gasteiger partial charge on any atom is -0.501 e. The highest BCUT2D eigenvalue weighted by atomic mass is 32.1. The van der Waals surface area contributed by atoms with Crippen molar-refractivity contribution in [2.45, 2.75) is 6.04 Å². The van der Waals surface area contributed by atoms with E-state index in [1.807, 2.05) is 6.07 Å². The molecule has 1 unspecified atom stereocenters. The molecule has 2 heterocycles. The van der Waals surface area contributed by atoms with E-state index in [0.29, 0.717) is 10.4 Å². The number of benzene rings is 1. The number of nitrogens with zero attached hydrogens (tertiary/aromatic N) is 1. The van der Waals surface area contributed by atoms with E-state index >= 15 is 0 Å². The fourth-order valence-corrected chi connectivity index (χ4v) is 3.35. The van der Waals surface area contributed by atoms with Crippen molar-refractivity contribution in [3.05, 3.63) is 63.4 Å². The van der Waals surface area contributed by atoms with Gasteiger partial charge in [0.15, 0.2) is 11.5 Å². The number of carboxylic acid groups (broad SMARTS) is 1. The van der Waals surface area contributed by atoms with Crippen LogP contribution in [0.1, 0.15) is 22.1 Å². The second kappa shape index (κ2) is 8.54. The van der Waals surface area contributed by atoms with Crippen molar-refractivity contribution in [3.8, 4) is 16.5 Å². The van der Waals surface area contributed by atoms with Gasteiger partial charge in [-0.3, -0.25) is 4.79 Å². The highest BCUT2D eigenvalue weighted by Crippen LogP contribution is 2.31. The number of carbonyl (C=O) groups is 2. The number of aromatic nitrogens is 2.